The van der Waals surface area contributed by atoms with Gasteiger partial charge in [-0.1, -0.05) is 37.5 Å². The molecule has 4 heteroatoms. The number of benzene rings is 1. The third-order valence-corrected chi connectivity index (χ3v) is 4.56. The molecule has 0 saturated heterocycles. The van der Waals surface area contributed by atoms with Gasteiger partial charge in [-0.2, -0.15) is 0 Å². The van der Waals surface area contributed by atoms with Gasteiger partial charge in [0.2, 0.25) is 0 Å². The van der Waals surface area contributed by atoms with E-state index in [2.05, 4.69) is 58.4 Å². The fraction of sp³-hybridized carbons (Fsp3) is 0.526. The molecule has 0 spiro atoms. The highest BCUT2D eigenvalue weighted by molar-refractivity contribution is 5.79. The molecule has 0 atom stereocenters. The van der Waals surface area contributed by atoms with E-state index in [0.717, 1.165) is 12.5 Å². The summed E-state index contributed by atoms with van der Waals surface area (Å²) in [6, 6.07) is 9.55. The number of hydrogen-bond donors (Lipinski definition) is 2. The van der Waals surface area contributed by atoms with Gasteiger partial charge in [-0.05, 0) is 30.5 Å². The van der Waals surface area contributed by atoms with Crippen molar-refractivity contribution < 1.29 is 0 Å². The Balaban J connectivity index is 1.87. The van der Waals surface area contributed by atoms with Crippen molar-refractivity contribution >= 4 is 11.6 Å². The van der Waals surface area contributed by atoms with Crippen LogP contribution in [0, 0.1) is 0 Å². The lowest BCUT2D eigenvalue weighted by atomic mass is 9.94. The van der Waals surface area contributed by atoms with Gasteiger partial charge in [0, 0.05) is 38.9 Å². The average Bonchev–Trinajstić information content (AvgIpc) is 2.62. The van der Waals surface area contributed by atoms with Gasteiger partial charge >= 0.3 is 0 Å². The Hall–Kier alpha value is -1.97. The van der Waals surface area contributed by atoms with Crippen molar-refractivity contribution in [2.75, 3.05) is 25.5 Å². The van der Waals surface area contributed by atoms with E-state index >= 15 is 0 Å². The van der Waals surface area contributed by atoms with Gasteiger partial charge in [0.05, 0.1) is 0 Å². The van der Waals surface area contributed by atoms with Gasteiger partial charge in [0.15, 0.2) is 5.96 Å². The predicted molar refractivity (Wildman–Crippen MR) is 100 cm³/mol. The van der Waals surface area contributed by atoms with E-state index in [1.807, 2.05) is 6.08 Å². The van der Waals surface area contributed by atoms with Gasteiger partial charge in [-0.25, -0.2) is 0 Å². The summed E-state index contributed by atoms with van der Waals surface area (Å²) in [5.41, 5.74) is 2.57. The molecule has 0 unspecified atom stereocenters. The smallest absolute Gasteiger partial charge is 0.191 e. The number of nitrogens with one attached hydrogen (secondary N) is 2. The molecule has 1 saturated carbocycles. The standard InChI is InChI=1S/C19H30N4/c1-4-14-21-19(20-2)22-15-16-10-12-18(13-11-16)23(3)17-8-6-5-7-9-17/h4,10-13,17H,1,5-9,14-15H2,2-3H3,(H2,20,21,22). The summed E-state index contributed by atoms with van der Waals surface area (Å²) in [4.78, 5) is 6.63. The van der Waals surface area contributed by atoms with E-state index in [4.69, 9.17) is 0 Å². The Bertz CT molecular complexity index is 501. The van der Waals surface area contributed by atoms with Crippen molar-refractivity contribution in [2.24, 2.45) is 4.99 Å². The topological polar surface area (TPSA) is 39.7 Å². The third-order valence-electron chi connectivity index (χ3n) is 4.56. The molecular formula is C19H30N4. The van der Waals surface area contributed by atoms with Crippen LogP contribution in [0.4, 0.5) is 5.69 Å². The van der Waals surface area contributed by atoms with E-state index in [0.29, 0.717) is 12.6 Å². The molecule has 0 radical (unpaired) electrons. The fourth-order valence-corrected chi connectivity index (χ4v) is 3.10. The third kappa shape index (κ3) is 5.31. The summed E-state index contributed by atoms with van der Waals surface area (Å²) in [5, 5.41) is 6.48. The molecule has 1 aliphatic carbocycles. The van der Waals surface area contributed by atoms with Gasteiger partial charge in [0.25, 0.3) is 0 Å². The van der Waals surface area contributed by atoms with Crippen LogP contribution < -0.4 is 15.5 Å². The number of rotatable bonds is 6. The lowest BCUT2D eigenvalue weighted by Crippen LogP contribution is -2.36. The zero-order valence-electron chi connectivity index (χ0n) is 14.5. The molecule has 23 heavy (non-hydrogen) atoms. The van der Waals surface area contributed by atoms with Crippen LogP contribution in [0.15, 0.2) is 41.9 Å². The molecule has 2 rings (SSSR count). The van der Waals surface area contributed by atoms with E-state index in [9.17, 15) is 0 Å². The average molecular weight is 314 g/mol. The summed E-state index contributed by atoms with van der Waals surface area (Å²) in [5.74, 6) is 0.799. The minimum absolute atomic E-state index is 0.703. The minimum atomic E-state index is 0.703. The molecule has 0 heterocycles. The van der Waals surface area contributed by atoms with E-state index < -0.39 is 0 Å². The van der Waals surface area contributed by atoms with Crippen molar-refractivity contribution in [1.82, 2.24) is 10.6 Å². The van der Waals surface area contributed by atoms with E-state index in [-0.39, 0.29) is 0 Å². The lowest BCUT2D eigenvalue weighted by Gasteiger charge is -2.33. The van der Waals surface area contributed by atoms with Crippen molar-refractivity contribution in [3.8, 4) is 0 Å². The first-order valence-corrected chi connectivity index (χ1v) is 8.61. The second-order valence-electron chi connectivity index (χ2n) is 6.16. The SMILES string of the molecule is C=CCNC(=NC)NCc1ccc(N(C)C2CCCCC2)cc1. The summed E-state index contributed by atoms with van der Waals surface area (Å²) in [6.45, 7) is 5.18. The molecule has 4 nitrogen and oxygen atoms in total. The molecule has 1 aliphatic rings. The van der Waals surface area contributed by atoms with Crippen LogP contribution in [0.5, 0.6) is 0 Å². The Morgan fingerprint density at radius 2 is 1.91 bits per heavy atom. The Morgan fingerprint density at radius 1 is 1.22 bits per heavy atom. The van der Waals surface area contributed by atoms with Crippen LogP contribution in [0.25, 0.3) is 0 Å². The molecule has 126 valence electrons. The molecule has 1 aromatic carbocycles. The zero-order valence-corrected chi connectivity index (χ0v) is 14.5. The highest BCUT2D eigenvalue weighted by Gasteiger charge is 2.18. The number of aliphatic imine (C=N–C) groups is 1. The van der Waals surface area contributed by atoms with Crippen LogP contribution in [0.2, 0.25) is 0 Å². The monoisotopic (exact) mass is 314 g/mol. The van der Waals surface area contributed by atoms with Crippen LogP contribution >= 0.6 is 0 Å². The van der Waals surface area contributed by atoms with Gasteiger partial charge in [0.1, 0.15) is 0 Å². The van der Waals surface area contributed by atoms with Crippen LogP contribution in [0.1, 0.15) is 37.7 Å². The second kappa shape index (κ2) is 9.23. The minimum Gasteiger partial charge on any atom is -0.372 e. The predicted octanol–water partition coefficient (Wildman–Crippen LogP) is 3.31. The van der Waals surface area contributed by atoms with Crippen molar-refractivity contribution in [2.45, 2.75) is 44.7 Å². The number of anilines is 1. The number of nitrogens with zero attached hydrogens (tertiary/aromatic N) is 2. The second-order valence-corrected chi connectivity index (χ2v) is 6.16. The maximum atomic E-state index is 4.19. The highest BCUT2D eigenvalue weighted by Crippen LogP contribution is 2.26. The maximum Gasteiger partial charge on any atom is 0.191 e. The molecule has 0 aliphatic heterocycles. The first-order chi connectivity index (χ1) is 11.2. The van der Waals surface area contributed by atoms with Crippen LogP contribution in [-0.4, -0.2) is 32.6 Å². The summed E-state index contributed by atoms with van der Waals surface area (Å²) in [6.07, 6.45) is 8.61. The van der Waals surface area contributed by atoms with Crippen LogP contribution in [-0.2, 0) is 6.54 Å². The zero-order chi connectivity index (χ0) is 16.5. The summed E-state index contributed by atoms with van der Waals surface area (Å²) >= 11 is 0. The number of hydrogen-bond acceptors (Lipinski definition) is 2. The Kier molecular flexibility index (Phi) is 6.98. The van der Waals surface area contributed by atoms with E-state index in [1.165, 1.54) is 43.4 Å². The largest absolute Gasteiger partial charge is 0.372 e. The van der Waals surface area contributed by atoms with Gasteiger partial charge in [-0.3, -0.25) is 4.99 Å². The van der Waals surface area contributed by atoms with Crippen LogP contribution in [0.3, 0.4) is 0 Å². The first kappa shape index (κ1) is 17.4. The fourth-order valence-electron chi connectivity index (χ4n) is 3.10. The Morgan fingerprint density at radius 3 is 2.52 bits per heavy atom. The van der Waals surface area contributed by atoms with Gasteiger partial charge < -0.3 is 15.5 Å². The molecule has 0 bridgehead atoms. The number of guanidine groups is 1. The lowest BCUT2D eigenvalue weighted by molar-refractivity contribution is 0.427. The summed E-state index contributed by atoms with van der Waals surface area (Å²) in [7, 11) is 4.00. The van der Waals surface area contributed by atoms with E-state index in [1.54, 1.807) is 7.05 Å². The van der Waals surface area contributed by atoms with Gasteiger partial charge in [-0.15, -0.1) is 6.58 Å². The molecule has 2 N–H and O–H groups in total. The van der Waals surface area contributed by atoms with Crippen molar-refractivity contribution in [3.63, 3.8) is 0 Å². The molecule has 0 aromatic heterocycles. The molecule has 1 aromatic rings. The molecular weight excluding hydrogens is 284 g/mol. The highest BCUT2D eigenvalue weighted by atomic mass is 15.2. The van der Waals surface area contributed by atoms with Crippen molar-refractivity contribution in [1.29, 1.82) is 0 Å². The van der Waals surface area contributed by atoms with Crippen molar-refractivity contribution in [3.05, 3.63) is 42.5 Å². The Labute approximate surface area is 140 Å². The maximum absolute atomic E-state index is 4.19. The molecule has 1 fully saturated rings. The molecule has 0 amide bonds. The first-order valence-electron chi connectivity index (χ1n) is 8.61. The quantitative estimate of drug-likeness (QED) is 0.481. The summed E-state index contributed by atoms with van der Waals surface area (Å²) < 4.78 is 0. The normalized spacial score (nSPS) is 16.0.